The van der Waals surface area contributed by atoms with Gasteiger partial charge in [-0.25, -0.2) is 4.98 Å². The van der Waals surface area contributed by atoms with Gasteiger partial charge in [-0.15, -0.1) is 0 Å². The monoisotopic (exact) mass is 306 g/mol. The summed E-state index contributed by atoms with van der Waals surface area (Å²) in [5.41, 5.74) is -1.36. The van der Waals surface area contributed by atoms with Gasteiger partial charge in [0.1, 0.15) is 11.6 Å². The highest BCUT2D eigenvalue weighted by Gasteiger charge is 2.72. The quantitative estimate of drug-likeness (QED) is 0.910. The number of carbonyl (C=O) groups excluding carboxylic acids is 2. The Hall–Kier alpha value is -1.42. The third-order valence-electron chi connectivity index (χ3n) is 6.11. The molecule has 1 aromatic rings. The predicted octanol–water partition coefficient (Wildman–Crippen LogP) is 3.46. The summed E-state index contributed by atoms with van der Waals surface area (Å²) in [5, 5.41) is 3.39. The summed E-state index contributed by atoms with van der Waals surface area (Å²) in [6, 6.07) is 3.36. The first kappa shape index (κ1) is 14.5. The fraction of sp³-hybridized carbons (Fsp3) is 0.562. The summed E-state index contributed by atoms with van der Waals surface area (Å²) in [6.07, 6.45) is 3.36. The minimum absolute atomic E-state index is 0.100. The molecule has 1 aromatic heterocycles. The van der Waals surface area contributed by atoms with E-state index in [9.17, 15) is 9.59 Å². The molecule has 1 N–H and O–H groups in total. The Morgan fingerprint density at radius 2 is 2.00 bits per heavy atom. The van der Waals surface area contributed by atoms with E-state index in [0.717, 1.165) is 12.8 Å². The van der Waals surface area contributed by atoms with Crippen LogP contribution in [0.3, 0.4) is 0 Å². The number of halogens is 1. The Morgan fingerprint density at radius 3 is 2.48 bits per heavy atom. The lowest BCUT2D eigenvalue weighted by atomic mass is 9.64. The van der Waals surface area contributed by atoms with E-state index in [0.29, 0.717) is 17.3 Å². The molecule has 2 aliphatic rings. The van der Waals surface area contributed by atoms with Crippen molar-refractivity contribution in [3.8, 4) is 0 Å². The van der Waals surface area contributed by atoms with Gasteiger partial charge in [0.15, 0.2) is 0 Å². The molecular weight excluding hydrogens is 288 g/mol. The predicted molar refractivity (Wildman–Crippen MR) is 81.1 cm³/mol. The van der Waals surface area contributed by atoms with Crippen molar-refractivity contribution in [2.24, 2.45) is 16.2 Å². The van der Waals surface area contributed by atoms with Gasteiger partial charge in [-0.3, -0.25) is 9.59 Å². The normalized spacial score (nSPS) is 33.2. The van der Waals surface area contributed by atoms with E-state index < -0.39 is 10.8 Å². The van der Waals surface area contributed by atoms with Crippen LogP contribution < -0.4 is 5.32 Å². The summed E-state index contributed by atoms with van der Waals surface area (Å²) in [5.74, 6) is 0.581. The molecule has 2 bridgehead atoms. The van der Waals surface area contributed by atoms with Crippen LogP contribution in [0.2, 0.25) is 5.02 Å². The summed E-state index contributed by atoms with van der Waals surface area (Å²) >= 11 is 5.80. The molecule has 112 valence electrons. The summed E-state index contributed by atoms with van der Waals surface area (Å²) in [7, 11) is 0. The van der Waals surface area contributed by atoms with Gasteiger partial charge in [0.2, 0.25) is 5.91 Å². The molecule has 0 spiro atoms. The minimum Gasteiger partial charge on any atom is -0.310 e. The maximum absolute atomic E-state index is 12.8. The van der Waals surface area contributed by atoms with Crippen molar-refractivity contribution in [1.29, 1.82) is 0 Å². The van der Waals surface area contributed by atoms with E-state index in [2.05, 4.69) is 10.3 Å². The van der Waals surface area contributed by atoms with Gasteiger partial charge in [0.05, 0.1) is 10.4 Å². The van der Waals surface area contributed by atoms with Gasteiger partial charge in [-0.2, -0.15) is 0 Å². The maximum atomic E-state index is 12.8. The van der Waals surface area contributed by atoms with Crippen molar-refractivity contribution in [2.75, 3.05) is 5.32 Å². The number of nitrogens with zero attached hydrogens (tertiary/aromatic N) is 1. The number of amides is 1. The van der Waals surface area contributed by atoms with E-state index in [1.165, 1.54) is 6.20 Å². The number of pyridine rings is 1. The van der Waals surface area contributed by atoms with Crippen molar-refractivity contribution in [3.05, 3.63) is 23.4 Å². The fourth-order valence-electron chi connectivity index (χ4n) is 4.05. The molecule has 0 saturated heterocycles. The molecular formula is C16H19ClN2O2. The van der Waals surface area contributed by atoms with Crippen LogP contribution in [0, 0.1) is 16.2 Å². The minimum atomic E-state index is -0.625. The van der Waals surface area contributed by atoms with E-state index in [-0.39, 0.29) is 17.1 Å². The van der Waals surface area contributed by atoms with Crippen LogP contribution in [0.5, 0.6) is 0 Å². The summed E-state index contributed by atoms with van der Waals surface area (Å²) < 4.78 is 0. The van der Waals surface area contributed by atoms with Gasteiger partial charge in [-0.05, 0) is 30.4 Å². The molecule has 4 nitrogen and oxygen atoms in total. The molecule has 0 unspecified atom stereocenters. The van der Waals surface area contributed by atoms with Crippen LogP contribution in [0.4, 0.5) is 5.82 Å². The first-order chi connectivity index (χ1) is 9.73. The van der Waals surface area contributed by atoms with E-state index in [1.807, 2.05) is 20.8 Å². The molecule has 0 radical (unpaired) electrons. The van der Waals surface area contributed by atoms with Crippen molar-refractivity contribution in [2.45, 2.75) is 40.0 Å². The fourth-order valence-corrected chi connectivity index (χ4v) is 4.16. The molecule has 2 saturated carbocycles. The Morgan fingerprint density at radius 1 is 1.29 bits per heavy atom. The van der Waals surface area contributed by atoms with Gasteiger partial charge in [0.25, 0.3) is 0 Å². The third-order valence-corrected chi connectivity index (χ3v) is 6.33. The average Bonchev–Trinajstić information content (AvgIpc) is 2.72. The lowest BCUT2D eigenvalue weighted by Crippen LogP contribution is -2.43. The number of nitrogens with one attached hydrogen (secondary N) is 1. The standard InChI is InChI=1S/C16H19ClN2O2/c1-14(2)15(3)6-7-16(14,8-11(15)20)13(21)19-12-5-4-10(17)9-18-12/h4-5,9H,6-8H2,1-3H3,(H,18,19,21)/t15-,16+/m1/s1. The Balaban J connectivity index is 1.91. The molecule has 21 heavy (non-hydrogen) atoms. The van der Waals surface area contributed by atoms with E-state index >= 15 is 0 Å². The largest absolute Gasteiger partial charge is 0.310 e. The van der Waals surface area contributed by atoms with E-state index in [4.69, 9.17) is 11.6 Å². The number of anilines is 1. The van der Waals surface area contributed by atoms with Crippen molar-refractivity contribution >= 4 is 29.1 Å². The maximum Gasteiger partial charge on any atom is 0.232 e. The lowest BCUT2D eigenvalue weighted by molar-refractivity contribution is -0.131. The first-order valence-electron chi connectivity index (χ1n) is 7.19. The van der Waals surface area contributed by atoms with Crippen LogP contribution in [-0.4, -0.2) is 16.7 Å². The van der Waals surface area contributed by atoms with Crippen LogP contribution in [0.15, 0.2) is 18.3 Å². The van der Waals surface area contributed by atoms with Gasteiger partial charge >= 0.3 is 0 Å². The smallest absolute Gasteiger partial charge is 0.232 e. The lowest BCUT2D eigenvalue weighted by Gasteiger charge is -2.38. The first-order valence-corrected chi connectivity index (χ1v) is 7.57. The van der Waals surface area contributed by atoms with Gasteiger partial charge in [-0.1, -0.05) is 32.4 Å². The number of Topliss-reactive ketones (excluding diaryl/α,β-unsaturated/α-hetero) is 1. The van der Waals surface area contributed by atoms with E-state index in [1.54, 1.807) is 12.1 Å². The molecule has 0 aromatic carbocycles. The number of fused-ring (bicyclic) bond motifs is 2. The zero-order valence-corrected chi connectivity index (χ0v) is 13.3. The number of hydrogen-bond donors (Lipinski definition) is 1. The number of carbonyl (C=O) groups is 2. The van der Waals surface area contributed by atoms with Crippen LogP contribution in [0.25, 0.3) is 0 Å². The highest BCUT2D eigenvalue weighted by Crippen LogP contribution is 2.70. The molecule has 0 aliphatic heterocycles. The molecule has 5 heteroatoms. The average molecular weight is 307 g/mol. The summed E-state index contributed by atoms with van der Waals surface area (Å²) in [4.78, 5) is 29.3. The van der Waals surface area contributed by atoms with Crippen LogP contribution in [-0.2, 0) is 9.59 Å². The SMILES string of the molecule is CC1(C)[C@@]2(C(=O)Nc3ccc(Cl)cn3)CC[C@]1(C)C(=O)C2. The van der Waals surface area contributed by atoms with Gasteiger partial charge in [0, 0.05) is 18.0 Å². The third kappa shape index (κ3) is 1.71. The van der Waals surface area contributed by atoms with Gasteiger partial charge < -0.3 is 5.32 Å². The van der Waals surface area contributed by atoms with Crippen molar-refractivity contribution in [1.82, 2.24) is 4.98 Å². The van der Waals surface area contributed by atoms with Crippen molar-refractivity contribution in [3.63, 3.8) is 0 Å². The zero-order valence-electron chi connectivity index (χ0n) is 12.5. The Kier molecular flexibility index (Phi) is 2.97. The number of ketones is 1. The summed E-state index contributed by atoms with van der Waals surface area (Å²) in [6.45, 7) is 6.08. The molecule has 3 rings (SSSR count). The second-order valence-electron chi connectivity index (χ2n) is 6.95. The number of hydrogen-bond acceptors (Lipinski definition) is 3. The zero-order chi connectivity index (χ0) is 15.5. The number of rotatable bonds is 2. The highest BCUT2D eigenvalue weighted by molar-refractivity contribution is 6.30. The Bertz CT molecular complexity index is 626. The molecule has 1 heterocycles. The topological polar surface area (TPSA) is 59.1 Å². The molecule has 2 aliphatic carbocycles. The van der Waals surface area contributed by atoms with Crippen LogP contribution >= 0.6 is 11.6 Å². The molecule has 2 atom stereocenters. The highest BCUT2D eigenvalue weighted by atomic mass is 35.5. The number of aromatic nitrogens is 1. The second-order valence-corrected chi connectivity index (χ2v) is 7.39. The second kappa shape index (κ2) is 4.29. The Labute approximate surface area is 129 Å². The molecule has 1 amide bonds. The van der Waals surface area contributed by atoms with Crippen molar-refractivity contribution < 1.29 is 9.59 Å². The molecule has 2 fully saturated rings. The van der Waals surface area contributed by atoms with Crippen LogP contribution in [0.1, 0.15) is 40.0 Å².